The first-order chi connectivity index (χ1) is 6.74. The van der Waals surface area contributed by atoms with Gasteiger partial charge in [-0.2, -0.15) is 0 Å². The van der Waals surface area contributed by atoms with Crippen LogP contribution in [0.3, 0.4) is 0 Å². The zero-order chi connectivity index (χ0) is 11.7. The van der Waals surface area contributed by atoms with Crippen LogP contribution in [-0.2, 0) is 4.43 Å². The van der Waals surface area contributed by atoms with Gasteiger partial charge in [-0.15, -0.1) is 0 Å². The van der Waals surface area contributed by atoms with Gasteiger partial charge in [0, 0.05) is 12.6 Å². The van der Waals surface area contributed by atoms with Crippen LogP contribution < -0.4 is 5.84 Å². The van der Waals surface area contributed by atoms with Crippen molar-refractivity contribution in [3.63, 3.8) is 0 Å². The molecular weight excluding hydrogens is 204 g/mol. The predicted molar refractivity (Wildman–Crippen MR) is 67.1 cm³/mol. The molecule has 1 rings (SSSR count). The van der Waals surface area contributed by atoms with E-state index in [9.17, 15) is 0 Å². The highest BCUT2D eigenvalue weighted by molar-refractivity contribution is 6.74. The maximum absolute atomic E-state index is 6.17. The highest BCUT2D eigenvalue weighted by atomic mass is 28.4. The molecule has 4 heteroatoms. The van der Waals surface area contributed by atoms with Gasteiger partial charge >= 0.3 is 0 Å². The van der Waals surface area contributed by atoms with Crippen molar-refractivity contribution in [3.8, 4) is 0 Å². The molecule has 0 aromatic heterocycles. The number of nitrogens with zero attached hydrogens (tertiary/aromatic N) is 1. The van der Waals surface area contributed by atoms with E-state index in [0.29, 0.717) is 11.1 Å². The third kappa shape index (κ3) is 3.28. The lowest BCUT2D eigenvalue weighted by Gasteiger charge is -2.37. The molecule has 0 aromatic carbocycles. The summed E-state index contributed by atoms with van der Waals surface area (Å²) in [5.41, 5.74) is 0. The van der Waals surface area contributed by atoms with Crippen LogP contribution >= 0.6 is 0 Å². The van der Waals surface area contributed by atoms with Crippen LogP contribution in [0.1, 0.15) is 33.6 Å². The molecule has 2 N–H and O–H groups in total. The third-order valence-electron chi connectivity index (χ3n) is 3.87. The van der Waals surface area contributed by atoms with Gasteiger partial charge in [-0.3, -0.25) is 5.84 Å². The lowest BCUT2D eigenvalue weighted by molar-refractivity contribution is 0.164. The van der Waals surface area contributed by atoms with E-state index < -0.39 is 8.32 Å². The molecule has 0 spiro atoms. The van der Waals surface area contributed by atoms with Crippen molar-refractivity contribution in [2.45, 2.75) is 57.8 Å². The van der Waals surface area contributed by atoms with E-state index in [1.54, 1.807) is 0 Å². The molecule has 1 unspecified atom stereocenters. The fourth-order valence-corrected chi connectivity index (χ4v) is 2.60. The lowest BCUT2D eigenvalue weighted by Crippen LogP contribution is -2.46. The highest BCUT2D eigenvalue weighted by Gasteiger charge is 2.38. The molecule has 0 saturated carbocycles. The van der Waals surface area contributed by atoms with E-state index in [-0.39, 0.29) is 0 Å². The van der Waals surface area contributed by atoms with Gasteiger partial charge in [0.05, 0.1) is 6.61 Å². The van der Waals surface area contributed by atoms with Gasteiger partial charge in [-0.05, 0) is 31.0 Å². The molecule has 1 aliphatic heterocycles. The van der Waals surface area contributed by atoms with E-state index in [1.165, 1.54) is 12.8 Å². The van der Waals surface area contributed by atoms with Gasteiger partial charge in [0.15, 0.2) is 8.32 Å². The number of hydrazine groups is 1. The second kappa shape index (κ2) is 4.53. The molecule has 0 radical (unpaired) electrons. The van der Waals surface area contributed by atoms with Crippen LogP contribution in [0, 0.1) is 0 Å². The van der Waals surface area contributed by atoms with Gasteiger partial charge in [0.2, 0.25) is 0 Å². The highest BCUT2D eigenvalue weighted by Crippen LogP contribution is 2.36. The summed E-state index contributed by atoms with van der Waals surface area (Å²) in [6.07, 6.45) is 2.40. The van der Waals surface area contributed by atoms with Gasteiger partial charge in [-0.25, -0.2) is 5.01 Å². The number of nitrogens with two attached hydrogens (primary N) is 1. The monoisotopic (exact) mass is 230 g/mol. The van der Waals surface area contributed by atoms with Crippen LogP contribution in [0.4, 0.5) is 0 Å². The average Bonchev–Trinajstić information content (AvgIpc) is 2.46. The number of hydrogen-bond donors (Lipinski definition) is 1. The van der Waals surface area contributed by atoms with Crippen LogP contribution in [-0.4, -0.2) is 32.5 Å². The summed E-state index contributed by atoms with van der Waals surface area (Å²) < 4.78 is 6.17. The van der Waals surface area contributed by atoms with Crippen molar-refractivity contribution in [3.05, 3.63) is 0 Å². The summed E-state index contributed by atoms with van der Waals surface area (Å²) in [4.78, 5) is 0. The van der Waals surface area contributed by atoms with Crippen molar-refractivity contribution in [2.75, 3.05) is 13.2 Å². The minimum atomic E-state index is -1.58. The van der Waals surface area contributed by atoms with Crippen LogP contribution in [0.5, 0.6) is 0 Å². The maximum Gasteiger partial charge on any atom is 0.192 e. The van der Waals surface area contributed by atoms with E-state index in [2.05, 4.69) is 33.9 Å². The van der Waals surface area contributed by atoms with E-state index in [4.69, 9.17) is 10.3 Å². The van der Waals surface area contributed by atoms with Crippen molar-refractivity contribution in [1.29, 1.82) is 0 Å². The summed E-state index contributed by atoms with van der Waals surface area (Å²) in [6.45, 7) is 13.2. The normalized spacial score (nSPS) is 24.8. The molecule has 0 amide bonds. The summed E-state index contributed by atoms with van der Waals surface area (Å²) in [5.74, 6) is 5.89. The molecule has 0 aliphatic carbocycles. The summed E-state index contributed by atoms with van der Waals surface area (Å²) >= 11 is 0. The molecule has 1 saturated heterocycles. The molecule has 90 valence electrons. The molecule has 0 aromatic rings. The molecule has 1 heterocycles. The summed E-state index contributed by atoms with van der Waals surface area (Å²) in [6, 6.07) is 0.444. The Kier molecular flexibility index (Phi) is 3.98. The Labute approximate surface area is 95.1 Å². The quantitative estimate of drug-likeness (QED) is 0.597. The van der Waals surface area contributed by atoms with Crippen molar-refractivity contribution in [2.24, 2.45) is 5.84 Å². The van der Waals surface area contributed by atoms with Crippen molar-refractivity contribution < 1.29 is 4.43 Å². The van der Waals surface area contributed by atoms with E-state index in [1.807, 2.05) is 5.01 Å². The number of hydrogen-bond acceptors (Lipinski definition) is 3. The molecular formula is C11H26N2OSi. The van der Waals surface area contributed by atoms with Gasteiger partial charge < -0.3 is 4.43 Å². The first kappa shape index (κ1) is 13.2. The molecule has 1 fully saturated rings. The number of rotatable bonds is 3. The van der Waals surface area contributed by atoms with Crippen LogP contribution in [0.2, 0.25) is 18.1 Å². The second-order valence-electron chi connectivity index (χ2n) is 6.11. The van der Waals surface area contributed by atoms with Crippen molar-refractivity contribution in [1.82, 2.24) is 5.01 Å². The molecule has 1 atom stereocenters. The fourth-order valence-electron chi connectivity index (χ4n) is 1.56. The smallest absolute Gasteiger partial charge is 0.192 e. The van der Waals surface area contributed by atoms with Crippen molar-refractivity contribution >= 4 is 8.32 Å². The maximum atomic E-state index is 6.17. The standard InChI is InChI=1S/C11H26N2OSi/c1-11(2,3)15(4,5)14-9-10-7-6-8-13(10)12/h10H,6-9,12H2,1-5H3. The van der Waals surface area contributed by atoms with Gasteiger partial charge in [0.25, 0.3) is 0 Å². The van der Waals surface area contributed by atoms with Gasteiger partial charge in [0.1, 0.15) is 0 Å². The van der Waals surface area contributed by atoms with E-state index in [0.717, 1.165) is 13.2 Å². The largest absolute Gasteiger partial charge is 0.415 e. The Morgan fingerprint density at radius 2 is 2.00 bits per heavy atom. The molecule has 0 bridgehead atoms. The minimum absolute atomic E-state index is 0.297. The zero-order valence-corrected chi connectivity index (χ0v) is 11.8. The third-order valence-corrected chi connectivity index (χ3v) is 8.37. The first-order valence-corrected chi connectivity index (χ1v) is 8.80. The Balaban J connectivity index is 2.42. The molecule has 15 heavy (non-hydrogen) atoms. The summed E-state index contributed by atoms with van der Waals surface area (Å²) in [5, 5.41) is 2.23. The Hall–Kier alpha value is 0.0969. The van der Waals surface area contributed by atoms with Gasteiger partial charge in [-0.1, -0.05) is 20.8 Å². The zero-order valence-electron chi connectivity index (χ0n) is 10.8. The lowest BCUT2D eigenvalue weighted by atomic mass is 10.2. The Morgan fingerprint density at radius 1 is 1.40 bits per heavy atom. The topological polar surface area (TPSA) is 38.5 Å². The predicted octanol–water partition coefficient (Wildman–Crippen LogP) is 2.35. The molecule has 1 aliphatic rings. The van der Waals surface area contributed by atoms with Crippen LogP contribution in [0.15, 0.2) is 0 Å². The Morgan fingerprint density at radius 3 is 2.40 bits per heavy atom. The first-order valence-electron chi connectivity index (χ1n) is 5.89. The Bertz CT molecular complexity index is 213. The molecule has 3 nitrogen and oxygen atoms in total. The second-order valence-corrected chi connectivity index (χ2v) is 10.9. The average molecular weight is 230 g/mol. The minimum Gasteiger partial charge on any atom is -0.415 e. The SMILES string of the molecule is CC(C)(C)[Si](C)(C)OCC1CCCN1N. The fraction of sp³-hybridized carbons (Fsp3) is 1.00. The summed E-state index contributed by atoms with van der Waals surface area (Å²) in [7, 11) is -1.58. The van der Waals surface area contributed by atoms with Crippen LogP contribution in [0.25, 0.3) is 0 Å². The van der Waals surface area contributed by atoms with E-state index >= 15 is 0 Å².